The molecule has 0 unspecified atom stereocenters. The summed E-state index contributed by atoms with van der Waals surface area (Å²) < 4.78 is 18.1. The molecular formula is C25H18FN3O4. The monoisotopic (exact) mass is 443 g/mol. The highest BCUT2D eigenvalue weighted by atomic mass is 19.1. The normalized spacial score (nSPS) is 13.5. The van der Waals surface area contributed by atoms with E-state index in [2.05, 4.69) is 15.3 Å². The number of hydrogen-bond donors (Lipinski definition) is 1. The lowest BCUT2D eigenvalue weighted by atomic mass is 10.1. The Morgan fingerprint density at radius 1 is 0.939 bits per heavy atom. The SMILES string of the molecule is COc1ccc(C(=O)/C=C2\N=c3ccc(C(=O)NCc4ccc(F)cc4)cc3=NC2=O)cc1. The molecule has 1 aliphatic rings. The predicted molar refractivity (Wildman–Crippen MR) is 117 cm³/mol. The number of halogens is 1. The molecule has 1 aliphatic heterocycles. The van der Waals surface area contributed by atoms with Crippen LogP contribution in [0.15, 0.2) is 88.5 Å². The molecule has 0 spiro atoms. The fourth-order valence-electron chi connectivity index (χ4n) is 3.14. The Hall–Kier alpha value is -4.46. The molecule has 0 atom stereocenters. The molecule has 33 heavy (non-hydrogen) atoms. The fraction of sp³-hybridized carbons (Fsp3) is 0.0800. The molecule has 0 bridgehead atoms. The summed E-state index contributed by atoms with van der Waals surface area (Å²) in [7, 11) is 1.53. The number of nitrogens with one attached hydrogen (secondary N) is 1. The van der Waals surface area contributed by atoms with E-state index >= 15 is 0 Å². The van der Waals surface area contributed by atoms with Crippen LogP contribution in [0.2, 0.25) is 0 Å². The number of methoxy groups -OCH3 is 1. The summed E-state index contributed by atoms with van der Waals surface area (Å²) in [5.74, 6) is -1.18. The largest absolute Gasteiger partial charge is 0.497 e. The van der Waals surface area contributed by atoms with Gasteiger partial charge < -0.3 is 10.1 Å². The third-order valence-corrected chi connectivity index (χ3v) is 4.93. The molecule has 4 rings (SSSR count). The van der Waals surface area contributed by atoms with Crippen molar-refractivity contribution in [1.82, 2.24) is 5.32 Å². The van der Waals surface area contributed by atoms with Crippen LogP contribution in [0.5, 0.6) is 5.75 Å². The Morgan fingerprint density at radius 3 is 2.33 bits per heavy atom. The van der Waals surface area contributed by atoms with Gasteiger partial charge in [0.05, 0.1) is 17.8 Å². The van der Waals surface area contributed by atoms with Crippen LogP contribution in [0.25, 0.3) is 0 Å². The van der Waals surface area contributed by atoms with Crippen LogP contribution in [0.3, 0.4) is 0 Å². The van der Waals surface area contributed by atoms with Crippen molar-refractivity contribution in [2.45, 2.75) is 6.54 Å². The average molecular weight is 443 g/mol. The summed E-state index contributed by atoms with van der Waals surface area (Å²) in [5, 5.41) is 3.34. The Labute approximate surface area is 188 Å². The minimum Gasteiger partial charge on any atom is -0.497 e. The van der Waals surface area contributed by atoms with Gasteiger partial charge in [-0.1, -0.05) is 12.1 Å². The van der Waals surface area contributed by atoms with Crippen LogP contribution in [0.1, 0.15) is 26.3 Å². The third-order valence-electron chi connectivity index (χ3n) is 4.93. The fourth-order valence-corrected chi connectivity index (χ4v) is 3.14. The van der Waals surface area contributed by atoms with Crippen LogP contribution in [-0.4, -0.2) is 24.7 Å². The summed E-state index contributed by atoms with van der Waals surface area (Å²) >= 11 is 0. The average Bonchev–Trinajstić information content (AvgIpc) is 2.83. The number of fused-ring (bicyclic) bond motifs is 1. The summed E-state index contributed by atoms with van der Waals surface area (Å²) in [4.78, 5) is 45.6. The first-order chi connectivity index (χ1) is 15.9. The van der Waals surface area contributed by atoms with E-state index < -0.39 is 5.91 Å². The zero-order valence-corrected chi connectivity index (χ0v) is 17.5. The number of nitrogens with zero attached hydrogens (tertiary/aromatic N) is 2. The van der Waals surface area contributed by atoms with Gasteiger partial charge in [-0.25, -0.2) is 14.4 Å². The number of rotatable bonds is 6. The molecular weight excluding hydrogens is 425 g/mol. The van der Waals surface area contributed by atoms with Crippen molar-refractivity contribution in [3.63, 3.8) is 0 Å². The van der Waals surface area contributed by atoms with E-state index in [1.807, 2.05) is 0 Å². The smallest absolute Gasteiger partial charge is 0.296 e. The van der Waals surface area contributed by atoms with E-state index in [1.165, 1.54) is 25.3 Å². The highest BCUT2D eigenvalue weighted by molar-refractivity contribution is 6.09. The van der Waals surface area contributed by atoms with Gasteiger partial charge in [0.2, 0.25) is 0 Å². The molecule has 0 aliphatic carbocycles. The molecule has 0 saturated carbocycles. The van der Waals surface area contributed by atoms with Gasteiger partial charge in [0.15, 0.2) is 5.78 Å². The molecule has 3 aromatic carbocycles. The Balaban J connectivity index is 1.52. The minimum atomic E-state index is -0.673. The highest BCUT2D eigenvalue weighted by Crippen LogP contribution is 2.13. The van der Waals surface area contributed by atoms with Gasteiger partial charge in [0.25, 0.3) is 11.8 Å². The van der Waals surface area contributed by atoms with Crippen molar-refractivity contribution >= 4 is 17.6 Å². The molecule has 0 saturated heterocycles. The molecule has 1 N–H and O–H groups in total. The number of ether oxygens (including phenoxy) is 1. The van der Waals surface area contributed by atoms with E-state index in [0.717, 1.165) is 11.6 Å². The van der Waals surface area contributed by atoms with Gasteiger partial charge in [-0.05, 0) is 60.2 Å². The number of carbonyl (C=O) groups is 3. The molecule has 0 aromatic heterocycles. The number of benzene rings is 3. The maximum absolute atomic E-state index is 13.0. The summed E-state index contributed by atoms with van der Waals surface area (Å²) in [6.07, 6.45) is 1.14. The Kier molecular flexibility index (Phi) is 6.17. The molecule has 2 amide bonds. The standard InChI is InChI=1S/C25H18FN3O4/c1-33-19-9-4-16(5-10-19)23(30)13-22-25(32)29-21-12-17(6-11-20(21)28-22)24(31)27-14-15-2-7-18(26)8-3-15/h2-13H,14H2,1H3,(H,27,31)/b22-13-. The van der Waals surface area contributed by atoms with Crippen molar-refractivity contribution < 1.29 is 23.5 Å². The molecule has 3 aromatic rings. The second-order valence-corrected chi connectivity index (χ2v) is 7.16. The van der Waals surface area contributed by atoms with E-state index in [4.69, 9.17) is 4.74 Å². The van der Waals surface area contributed by atoms with Gasteiger partial charge >= 0.3 is 0 Å². The van der Waals surface area contributed by atoms with E-state index in [0.29, 0.717) is 22.2 Å². The lowest BCUT2D eigenvalue weighted by Gasteiger charge is -2.07. The zero-order valence-electron chi connectivity index (χ0n) is 17.5. The van der Waals surface area contributed by atoms with E-state index in [1.54, 1.807) is 48.5 Å². The molecule has 8 heteroatoms. The number of allylic oxidation sites excluding steroid dienone is 1. The quantitative estimate of drug-likeness (QED) is 0.467. The molecule has 164 valence electrons. The van der Waals surface area contributed by atoms with Crippen molar-refractivity contribution in [2.24, 2.45) is 9.98 Å². The first-order valence-corrected chi connectivity index (χ1v) is 9.97. The van der Waals surface area contributed by atoms with Gasteiger partial charge in [-0.2, -0.15) is 0 Å². The number of hydrogen-bond acceptors (Lipinski definition) is 5. The third kappa shape index (κ3) is 5.07. The summed E-state index contributed by atoms with van der Waals surface area (Å²) in [5.41, 5.74) is 1.33. The van der Waals surface area contributed by atoms with Crippen molar-refractivity contribution in [2.75, 3.05) is 7.11 Å². The van der Waals surface area contributed by atoms with Crippen LogP contribution in [-0.2, 0) is 11.3 Å². The topological polar surface area (TPSA) is 97.2 Å². The second kappa shape index (κ2) is 9.35. The maximum atomic E-state index is 13.0. The zero-order chi connectivity index (χ0) is 23.4. The number of carbonyl (C=O) groups excluding carboxylic acids is 3. The first kappa shape index (κ1) is 21.8. The van der Waals surface area contributed by atoms with Crippen LogP contribution in [0.4, 0.5) is 4.39 Å². The van der Waals surface area contributed by atoms with Crippen LogP contribution >= 0.6 is 0 Å². The first-order valence-electron chi connectivity index (χ1n) is 9.97. The number of amides is 2. The van der Waals surface area contributed by atoms with E-state index in [-0.39, 0.29) is 35.1 Å². The van der Waals surface area contributed by atoms with Gasteiger partial charge in [-0.15, -0.1) is 0 Å². The van der Waals surface area contributed by atoms with Gasteiger partial charge in [-0.3, -0.25) is 14.4 Å². The Bertz CT molecular complexity index is 1400. The number of ketones is 1. The molecule has 0 radical (unpaired) electrons. The molecule has 1 heterocycles. The van der Waals surface area contributed by atoms with Gasteiger partial charge in [0, 0.05) is 23.7 Å². The lowest BCUT2D eigenvalue weighted by Crippen LogP contribution is -2.33. The van der Waals surface area contributed by atoms with Crippen LogP contribution in [0, 0.1) is 5.82 Å². The van der Waals surface area contributed by atoms with E-state index in [9.17, 15) is 18.8 Å². The van der Waals surface area contributed by atoms with Crippen molar-refractivity contribution in [3.8, 4) is 5.75 Å². The second-order valence-electron chi connectivity index (χ2n) is 7.16. The van der Waals surface area contributed by atoms with Crippen LogP contribution < -0.4 is 20.8 Å². The summed E-state index contributed by atoms with van der Waals surface area (Å²) in [6.45, 7) is 0.219. The maximum Gasteiger partial charge on any atom is 0.296 e. The van der Waals surface area contributed by atoms with Gasteiger partial charge in [0.1, 0.15) is 17.3 Å². The molecule has 7 nitrogen and oxygen atoms in total. The molecule has 0 fully saturated rings. The minimum absolute atomic E-state index is 0.0863. The Morgan fingerprint density at radius 2 is 1.64 bits per heavy atom. The highest BCUT2D eigenvalue weighted by Gasteiger charge is 2.16. The predicted octanol–water partition coefficient (Wildman–Crippen LogP) is 2.31. The lowest BCUT2D eigenvalue weighted by molar-refractivity contribution is -0.114. The van der Waals surface area contributed by atoms with Crippen molar-refractivity contribution in [1.29, 1.82) is 0 Å². The summed E-state index contributed by atoms with van der Waals surface area (Å²) in [6, 6.07) is 16.8. The van der Waals surface area contributed by atoms with Crippen molar-refractivity contribution in [3.05, 3.63) is 112 Å².